The Labute approximate surface area is 189 Å². The van der Waals surface area contributed by atoms with E-state index in [4.69, 9.17) is 5.73 Å². The van der Waals surface area contributed by atoms with E-state index in [0.717, 1.165) is 12.1 Å². The molecule has 1 rings (SSSR count). The van der Waals surface area contributed by atoms with Gasteiger partial charge in [-0.2, -0.15) is 13.2 Å². The normalized spacial score (nSPS) is 13.6. The number of nitrogens with zero attached hydrogens (tertiary/aromatic N) is 2. The summed E-state index contributed by atoms with van der Waals surface area (Å²) >= 11 is 0. The number of allylic oxidation sites excluding steroid dienone is 2. The molecule has 0 heterocycles. The van der Waals surface area contributed by atoms with E-state index in [9.17, 15) is 32.7 Å². The fraction of sp³-hybridized carbons (Fsp3) is 0.364. The maximum absolute atomic E-state index is 12.6. The van der Waals surface area contributed by atoms with Gasteiger partial charge in [0.25, 0.3) is 5.91 Å². The van der Waals surface area contributed by atoms with Crippen molar-refractivity contribution in [3.8, 4) is 0 Å². The maximum Gasteiger partial charge on any atom is 0.416 e. The monoisotopic (exact) mass is 468 g/mol. The largest absolute Gasteiger partial charge is 0.480 e. The number of aliphatic carboxylic acids is 1. The van der Waals surface area contributed by atoms with Crippen LogP contribution >= 0.6 is 0 Å². The molecule has 0 fully saturated rings. The fourth-order valence-electron chi connectivity index (χ4n) is 2.65. The zero-order valence-electron chi connectivity index (χ0n) is 18.3. The lowest BCUT2D eigenvalue weighted by Gasteiger charge is -2.15. The van der Waals surface area contributed by atoms with Crippen molar-refractivity contribution in [1.82, 2.24) is 10.2 Å². The first-order valence-corrected chi connectivity index (χ1v) is 9.94. The first-order chi connectivity index (χ1) is 15.4. The predicted molar refractivity (Wildman–Crippen MR) is 117 cm³/mol. The van der Waals surface area contributed by atoms with E-state index in [1.54, 1.807) is 18.9 Å². The lowest BCUT2D eigenvalue weighted by molar-refractivity contribution is -0.141. The number of hydrogen-bond donors (Lipinski definition) is 3. The lowest BCUT2D eigenvalue weighted by atomic mass is 10.1. The fourth-order valence-corrected chi connectivity index (χ4v) is 2.65. The van der Waals surface area contributed by atoms with Gasteiger partial charge in [-0.1, -0.05) is 12.1 Å². The van der Waals surface area contributed by atoms with Crippen LogP contribution in [0.4, 0.5) is 13.2 Å². The van der Waals surface area contributed by atoms with E-state index in [0.29, 0.717) is 30.7 Å². The Morgan fingerprint density at radius 2 is 1.91 bits per heavy atom. The van der Waals surface area contributed by atoms with Crippen LogP contribution in [0.1, 0.15) is 30.9 Å². The first kappa shape index (κ1) is 27.4. The average Bonchev–Trinajstić information content (AvgIpc) is 2.72. The third kappa shape index (κ3) is 10.5. The summed E-state index contributed by atoms with van der Waals surface area (Å²) in [7, 11) is 1.66. The molecule has 1 unspecified atom stereocenters. The SMILES string of the molecule is CC(N)=NCCCC(NC(=O)/C(C=O)=C/C=C\N(C)Cc1ccc(C(F)(F)F)cc1)C(=O)O. The summed E-state index contributed by atoms with van der Waals surface area (Å²) in [6.07, 6.45) is 0.523. The van der Waals surface area contributed by atoms with Crippen molar-refractivity contribution in [3.63, 3.8) is 0 Å². The van der Waals surface area contributed by atoms with Crippen LogP contribution in [0.15, 0.2) is 53.2 Å². The Morgan fingerprint density at radius 1 is 1.27 bits per heavy atom. The molecule has 0 saturated heterocycles. The molecule has 1 aromatic carbocycles. The molecule has 0 aliphatic rings. The smallest absolute Gasteiger partial charge is 0.416 e. The van der Waals surface area contributed by atoms with E-state index in [-0.39, 0.29) is 18.5 Å². The summed E-state index contributed by atoms with van der Waals surface area (Å²) in [6.45, 7) is 2.20. The molecule has 0 aromatic heterocycles. The summed E-state index contributed by atoms with van der Waals surface area (Å²) in [6, 6.07) is 3.51. The number of carboxylic acids is 1. The zero-order chi connectivity index (χ0) is 25.0. The third-order valence-electron chi connectivity index (χ3n) is 4.33. The Hall–Kier alpha value is -3.63. The van der Waals surface area contributed by atoms with Gasteiger partial charge in [-0.15, -0.1) is 0 Å². The summed E-state index contributed by atoms with van der Waals surface area (Å²) in [4.78, 5) is 40.5. The molecular weight excluding hydrogens is 441 g/mol. The average molecular weight is 468 g/mol. The number of halogens is 3. The molecule has 1 amide bonds. The molecule has 180 valence electrons. The minimum atomic E-state index is -4.40. The quantitative estimate of drug-likeness (QED) is 0.0633. The number of nitrogens with one attached hydrogen (secondary N) is 1. The van der Waals surface area contributed by atoms with Crippen molar-refractivity contribution in [1.29, 1.82) is 0 Å². The second-order valence-electron chi connectivity index (χ2n) is 7.22. The van der Waals surface area contributed by atoms with Gasteiger partial charge in [0.2, 0.25) is 0 Å². The van der Waals surface area contributed by atoms with Crippen LogP contribution in [0.2, 0.25) is 0 Å². The Morgan fingerprint density at radius 3 is 2.42 bits per heavy atom. The van der Waals surface area contributed by atoms with Gasteiger partial charge >= 0.3 is 12.1 Å². The number of hydrogen-bond acceptors (Lipinski definition) is 5. The predicted octanol–water partition coefficient (Wildman–Crippen LogP) is 2.50. The Bertz CT molecular complexity index is 905. The van der Waals surface area contributed by atoms with Gasteiger partial charge in [0, 0.05) is 20.1 Å². The van der Waals surface area contributed by atoms with Crippen molar-refractivity contribution >= 4 is 24.0 Å². The molecule has 33 heavy (non-hydrogen) atoms. The van der Waals surface area contributed by atoms with Gasteiger partial charge in [0.05, 0.1) is 17.0 Å². The molecule has 0 spiro atoms. The summed E-state index contributed by atoms with van der Waals surface area (Å²) in [5.41, 5.74) is 5.02. The number of aliphatic imine (C=N–C) groups is 1. The van der Waals surface area contributed by atoms with Crippen molar-refractivity contribution in [3.05, 3.63) is 59.3 Å². The van der Waals surface area contributed by atoms with E-state index in [1.165, 1.54) is 30.5 Å². The first-order valence-electron chi connectivity index (χ1n) is 9.94. The second-order valence-corrected chi connectivity index (χ2v) is 7.22. The number of benzene rings is 1. The molecule has 1 aromatic rings. The van der Waals surface area contributed by atoms with Crippen LogP contribution in [0, 0.1) is 0 Å². The molecule has 4 N–H and O–H groups in total. The second kappa shape index (κ2) is 13.0. The van der Waals surface area contributed by atoms with Crippen LogP contribution in [0.3, 0.4) is 0 Å². The highest BCUT2D eigenvalue weighted by Crippen LogP contribution is 2.29. The van der Waals surface area contributed by atoms with Crippen LogP contribution in [0.5, 0.6) is 0 Å². The highest BCUT2D eigenvalue weighted by atomic mass is 19.4. The number of amidine groups is 1. The zero-order valence-corrected chi connectivity index (χ0v) is 18.3. The highest BCUT2D eigenvalue weighted by Gasteiger charge is 2.29. The molecule has 1 atom stereocenters. The number of carbonyl (C=O) groups is 3. The number of carbonyl (C=O) groups excluding carboxylic acids is 2. The van der Waals surface area contributed by atoms with Gasteiger partial charge in [0.15, 0.2) is 6.29 Å². The van der Waals surface area contributed by atoms with Gasteiger partial charge in [0.1, 0.15) is 6.04 Å². The van der Waals surface area contributed by atoms with Gasteiger partial charge in [-0.25, -0.2) is 4.79 Å². The number of rotatable bonds is 12. The number of alkyl halides is 3. The highest BCUT2D eigenvalue weighted by molar-refractivity contribution is 6.11. The van der Waals surface area contributed by atoms with Crippen molar-refractivity contribution < 1.29 is 32.7 Å². The molecule has 0 aliphatic carbocycles. The topological polar surface area (TPSA) is 125 Å². The summed E-state index contributed by atoms with van der Waals surface area (Å²) < 4.78 is 37.9. The van der Waals surface area contributed by atoms with Crippen LogP contribution in [-0.2, 0) is 27.1 Å². The van der Waals surface area contributed by atoms with Gasteiger partial charge in [-0.3, -0.25) is 14.6 Å². The van der Waals surface area contributed by atoms with Crippen molar-refractivity contribution in [2.75, 3.05) is 13.6 Å². The molecule has 0 aliphatic heterocycles. The standard InChI is InChI=1S/C22H27F3N4O4/c1-15(26)27-11-3-6-19(21(32)33)28-20(31)17(14-30)5-4-12-29(2)13-16-7-9-18(10-8-16)22(23,24)25/h4-5,7-10,12,14,19H,3,6,11,13H2,1-2H3,(H2,26,27)(H,28,31)(H,32,33)/b12-4-,17-5+. The van der Waals surface area contributed by atoms with Crippen LogP contribution in [0.25, 0.3) is 0 Å². The molecule has 0 radical (unpaired) electrons. The third-order valence-corrected chi connectivity index (χ3v) is 4.33. The van der Waals surface area contributed by atoms with Gasteiger partial charge in [-0.05, 0) is 55.8 Å². The molecule has 11 heteroatoms. The van der Waals surface area contributed by atoms with E-state index >= 15 is 0 Å². The summed E-state index contributed by atoms with van der Waals surface area (Å²) in [5, 5.41) is 11.6. The van der Waals surface area contributed by atoms with Crippen LogP contribution in [-0.4, -0.2) is 53.6 Å². The Kier molecular flexibility index (Phi) is 10.8. The molecule has 8 nitrogen and oxygen atoms in total. The van der Waals surface area contributed by atoms with Crippen molar-refractivity contribution in [2.24, 2.45) is 10.7 Å². The van der Waals surface area contributed by atoms with Crippen LogP contribution < -0.4 is 11.1 Å². The Balaban J connectivity index is 2.69. The molecule has 0 bridgehead atoms. The minimum Gasteiger partial charge on any atom is -0.480 e. The van der Waals surface area contributed by atoms with E-state index in [2.05, 4.69) is 10.3 Å². The van der Waals surface area contributed by atoms with Crippen molar-refractivity contribution in [2.45, 2.75) is 38.5 Å². The number of aldehydes is 1. The number of amides is 1. The summed E-state index contributed by atoms with van der Waals surface area (Å²) in [5.74, 6) is -1.72. The maximum atomic E-state index is 12.6. The number of nitrogens with two attached hydrogens (primary N) is 1. The minimum absolute atomic E-state index is 0.107. The molecular formula is C22H27F3N4O4. The molecule has 0 saturated carbocycles. The lowest BCUT2D eigenvalue weighted by Crippen LogP contribution is -2.41. The van der Waals surface area contributed by atoms with E-state index in [1.807, 2.05) is 0 Å². The number of carboxylic acid groups (broad SMARTS) is 1. The van der Waals surface area contributed by atoms with E-state index < -0.39 is 29.7 Å². The van der Waals surface area contributed by atoms with Gasteiger partial charge < -0.3 is 21.1 Å².